The molecule has 0 atom stereocenters. The van der Waals surface area contributed by atoms with Crippen molar-refractivity contribution < 1.29 is 31.3 Å². The Hall–Kier alpha value is -3.33. The van der Waals surface area contributed by atoms with Gasteiger partial charge < -0.3 is 21.7 Å². The van der Waals surface area contributed by atoms with Gasteiger partial charge in [0.1, 0.15) is 23.2 Å². The molecule has 0 aliphatic heterocycles. The molecule has 0 saturated carbocycles. The average Bonchev–Trinajstić information content (AvgIpc) is 3.00. The number of carbonyl (C=O) groups is 2. The molecule has 4 aromatic rings. The van der Waals surface area contributed by atoms with E-state index in [9.17, 15) is 9.59 Å². The van der Waals surface area contributed by atoms with Gasteiger partial charge in [-0.1, -0.05) is 78.9 Å². The van der Waals surface area contributed by atoms with E-state index in [1.165, 1.54) is 15.9 Å². The van der Waals surface area contributed by atoms with Crippen LogP contribution < -0.4 is 32.9 Å². The van der Waals surface area contributed by atoms with Crippen LogP contribution in [-0.2, 0) is 4.74 Å². The molecule has 0 unspecified atom stereocenters. The number of Topliss-reactive ketones (excluding diaryl/α,β-unsaturated/α-hetero) is 2. The van der Waals surface area contributed by atoms with Gasteiger partial charge in [0, 0.05) is 16.7 Å². The molecule has 204 valence electrons. The molecule has 5 heteroatoms. The Bertz CT molecular complexity index is 1370. The first-order chi connectivity index (χ1) is 19.1. The van der Waals surface area contributed by atoms with Gasteiger partial charge in [0.05, 0.1) is 12.8 Å². The molecular formula is C35H34BrO3P. The maximum atomic E-state index is 12.9. The van der Waals surface area contributed by atoms with E-state index in [0.29, 0.717) is 23.3 Å². The fraction of sp³-hybridized carbons (Fsp3) is 0.200. The minimum atomic E-state index is -1.81. The maximum absolute atomic E-state index is 12.9. The minimum Gasteiger partial charge on any atom is -1.00 e. The maximum Gasteiger partial charge on any atom is 0.228 e. The molecule has 0 aromatic heterocycles. The van der Waals surface area contributed by atoms with Crippen molar-refractivity contribution in [1.82, 2.24) is 0 Å². The normalized spacial score (nSPS) is 13.0. The highest BCUT2D eigenvalue weighted by Gasteiger charge is 2.44. The van der Waals surface area contributed by atoms with Crippen molar-refractivity contribution in [2.45, 2.75) is 32.6 Å². The zero-order chi connectivity index (χ0) is 27.1. The second-order valence-corrected chi connectivity index (χ2v) is 13.6. The molecule has 40 heavy (non-hydrogen) atoms. The topological polar surface area (TPSA) is 43.4 Å². The summed E-state index contributed by atoms with van der Waals surface area (Å²) in [5, 5.41) is 4.23. The Morgan fingerprint density at radius 3 is 1.48 bits per heavy atom. The van der Waals surface area contributed by atoms with E-state index in [0.717, 1.165) is 31.8 Å². The molecule has 0 saturated heterocycles. The molecule has 0 amide bonds. The van der Waals surface area contributed by atoms with Gasteiger partial charge in [0.2, 0.25) is 5.78 Å². The Morgan fingerprint density at radius 2 is 0.975 bits per heavy atom. The third-order valence-corrected chi connectivity index (χ3v) is 12.1. The van der Waals surface area contributed by atoms with Crippen LogP contribution in [0.3, 0.4) is 0 Å². The van der Waals surface area contributed by atoms with Crippen LogP contribution in [0.5, 0.6) is 0 Å². The van der Waals surface area contributed by atoms with E-state index in [1.54, 1.807) is 31.2 Å². The standard InChI is InChI=1S/C35H34O3P.BrH/c1-27-33(36)31-23-13-14-24-32(31)34(37)35(27)38-25-15-2-3-16-26-39(28-17-7-4-8-18-28,29-19-9-5-10-20-29)30-21-11-6-12-22-30;/h4-14,17-24H,2-3,15-16,25-26H2,1H3;1H/q+1;/p-1. The van der Waals surface area contributed by atoms with Crippen LogP contribution in [0.4, 0.5) is 0 Å². The summed E-state index contributed by atoms with van der Waals surface area (Å²) in [5.41, 5.74) is 1.31. The minimum absolute atomic E-state index is 0. The first kappa shape index (κ1) is 29.6. The lowest BCUT2D eigenvalue weighted by Crippen LogP contribution is -3.00. The largest absolute Gasteiger partial charge is 1.00 e. The van der Waals surface area contributed by atoms with Crippen molar-refractivity contribution >= 4 is 34.7 Å². The lowest BCUT2D eigenvalue weighted by atomic mass is 9.89. The van der Waals surface area contributed by atoms with Crippen LogP contribution in [0.15, 0.2) is 127 Å². The molecule has 0 radical (unpaired) electrons. The summed E-state index contributed by atoms with van der Waals surface area (Å²) in [4.78, 5) is 25.6. The SMILES string of the molecule is CC1=C(OCCCCCC[P+](c2ccccc2)(c2ccccc2)c2ccccc2)C(=O)c2ccccc2C1=O.[Br-]. The zero-order valence-corrected chi connectivity index (χ0v) is 25.2. The Labute approximate surface area is 248 Å². The number of hydrogen-bond acceptors (Lipinski definition) is 3. The molecule has 4 aromatic carbocycles. The summed E-state index contributed by atoms with van der Waals surface area (Å²) in [6, 6.07) is 39.9. The van der Waals surface area contributed by atoms with Crippen molar-refractivity contribution in [3.05, 3.63) is 138 Å². The number of unbranched alkanes of at least 4 members (excludes halogenated alkanes) is 3. The number of benzene rings is 4. The van der Waals surface area contributed by atoms with Crippen LogP contribution in [0, 0.1) is 0 Å². The fourth-order valence-corrected chi connectivity index (χ4v) is 9.92. The van der Waals surface area contributed by atoms with Crippen LogP contribution in [0.1, 0.15) is 53.3 Å². The molecule has 1 aliphatic carbocycles. The highest BCUT2D eigenvalue weighted by atomic mass is 79.9. The smallest absolute Gasteiger partial charge is 0.228 e. The van der Waals surface area contributed by atoms with Gasteiger partial charge in [-0.2, -0.15) is 0 Å². The van der Waals surface area contributed by atoms with Crippen LogP contribution in [0.2, 0.25) is 0 Å². The lowest BCUT2D eigenvalue weighted by molar-refractivity contribution is -0.0000216. The molecule has 1 aliphatic rings. The first-order valence-corrected chi connectivity index (χ1v) is 15.7. The van der Waals surface area contributed by atoms with E-state index in [4.69, 9.17) is 4.74 Å². The third-order valence-electron chi connectivity index (χ3n) is 7.53. The summed E-state index contributed by atoms with van der Waals surface area (Å²) in [5.74, 6) is -0.102. The summed E-state index contributed by atoms with van der Waals surface area (Å²) in [7, 11) is -1.81. The Balaban J connectivity index is 0.00000370. The van der Waals surface area contributed by atoms with Gasteiger partial charge in [-0.05, 0) is 69.0 Å². The van der Waals surface area contributed by atoms with Gasteiger partial charge in [-0.3, -0.25) is 9.59 Å². The van der Waals surface area contributed by atoms with Crippen molar-refractivity contribution in [2.75, 3.05) is 12.8 Å². The molecular weight excluding hydrogens is 579 g/mol. The summed E-state index contributed by atoms with van der Waals surface area (Å²) >= 11 is 0. The van der Waals surface area contributed by atoms with E-state index in [1.807, 2.05) is 0 Å². The fourth-order valence-electron chi connectivity index (χ4n) is 5.51. The number of fused-ring (bicyclic) bond motifs is 1. The van der Waals surface area contributed by atoms with E-state index in [-0.39, 0.29) is 34.3 Å². The Kier molecular flexibility index (Phi) is 10.3. The van der Waals surface area contributed by atoms with Crippen molar-refractivity contribution in [1.29, 1.82) is 0 Å². The third kappa shape index (κ3) is 6.04. The van der Waals surface area contributed by atoms with Gasteiger partial charge in [0.25, 0.3) is 0 Å². The molecule has 0 N–H and O–H groups in total. The van der Waals surface area contributed by atoms with E-state index >= 15 is 0 Å². The quantitative estimate of drug-likeness (QED) is 0.191. The van der Waals surface area contributed by atoms with Crippen molar-refractivity contribution in [2.24, 2.45) is 0 Å². The number of halogens is 1. The molecule has 0 heterocycles. The zero-order valence-electron chi connectivity index (χ0n) is 22.8. The predicted molar refractivity (Wildman–Crippen MR) is 162 cm³/mol. The number of carbonyl (C=O) groups excluding carboxylic acids is 2. The molecule has 5 rings (SSSR count). The number of ether oxygens (including phenoxy) is 1. The number of ketones is 2. The first-order valence-electron chi connectivity index (χ1n) is 13.7. The summed E-state index contributed by atoms with van der Waals surface area (Å²) < 4.78 is 5.91. The van der Waals surface area contributed by atoms with Crippen LogP contribution >= 0.6 is 7.26 Å². The van der Waals surface area contributed by atoms with Gasteiger partial charge in [0.15, 0.2) is 11.5 Å². The van der Waals surface area contributed by atoms with Crippen LogP contribution in [-0.4, -0.2) is 24.3 Å². The van der Waals surface area contributed by atoms with Crippen molar-refractivity contribution in [3.8, 4) is 0 Å². The molecule has 3 nitrogen and oxygen atoms in total. The van der Waals surface area contributed by atoms with Crippen LogP contribution in [0.25, 0.3) is 0 Å². The predicted octanol–water partition coefficient (Wildman–Crippen LogP) is 3.91. The highest BCUT2D eigenvalue weighted by molar-refractivity contribution is 7.95. The van der Waals surface area contributed by atoms with E-state index < -0.39 is 7.26 Å². The number of rotatable bonds is 11. The molecule has 0 bridgehead atoms. The van der Waals surface area contributed by atoms with Gasteiger partial charge in [-0.15, -0.1) is 0 Å². The monoisotopic (exact) mass is 612 g/mol. The van der Waals surface area contributed by atoms with Gasteiger partial charge >= 0.3 is 0 Å². The second kappa shape index (κ2) is 13.8. The Morgan fingerprint density at radius 1 is 0.550 bits per heavy atom. The number of allylic oxidation sites excluding steroid dienone is 2. The summed E-state index contributed by atoms with van der Waals surface area (Å²) in [6.07, 6.45) is 5.11. The van der Waals surface area contributed by atoms with Gasteiger partial charge in [-0.25, -0.2) is 0 Å². The van der Waals surface area contributed by atoms with Crippen molar-refractivity contribution in [3.63, 3.8) is 0 Å². The molecule has 0 fully saturated rings. The summed E-state index contributed by atoms with van der Waals surface area (Å²) in [6.45, 7) is 2.12. The second-order valence-electron chi connectivity index (χ2n) is 9.96. The lowest BCUT2D eigenvalue weighted by Gasteiger charge is -2.27. The molecule has 0 spiro atoms. The highest BCUT2D eigenvalue weighted by Crippen LogP contribution is 2.56. The number of hydrogen-bond donors (Lipinski definition) is 0. The average molecular weight is 614 g/mol. The van der Waals surface area contributed by atoms with E-state index in [2.05, 4.69) is 91.0 Å².